The van der Waals surface area contributed by atoms with E-state index in [0.29, 0.717) is 11.1 Å². The van der Waals surface area contributed by atoms with Crippen LogP contribution in [0.15, 0.2) is 22.7 Å². The van der Waals surface area contributed by atoms with Crippen molar-refractivity contribution in [2.24, 2.45) is 0 Å². The zero-order chi connectivity index (χ0) is 13.7. The molecule has 1 aromatic rings. The van der Waals surface area contributed by atoms with Crippen LogP contribution in [0.3, 0.4) is 0 Å². The van der Waals surface area contributed by atoms with E-state index in [-0.39, 0.29) is 24.2 Å². The highest BCUT2D eigenvalue weighted by molar-refractivity contribution is 9.10. The summed E-state index contributed by atoms with van der Waals surface area (Å²) in [6, 6.07) is 4.64. The highest BCUT2D eigenvalue weighted by Crippen LogP contribution is 2.26. The molecule has 18 heavy (non-hydrogen) atoms. The Morgan fingerprint density at radius 3 is 2.67 bits per heavy atom. The predicted molar refractivity (Wildman–Crippen MR) is 71.8 cm³/mol. The molecule has 0 aromatic heterocycles. The van der Waals surface area contributed by atoms with Crippen molar-refractivity contribution in [2.75, 3.05) is 20.7 Å². The largest absolute Gasteiger partial charge is 0.466 e. The van der Waals surface area contributed by atoms with Gasteiger partial charge in [-0.1, -0.05) is 6.07 Å². The molecule has 1 aromatic carbocycles. The summed E-state index contributed by atoms with van der Waals surface area (Å²) in [4.78, 5) is 13.5. The average Bonchev–Trinajstić information content (AvgIpc) is 2.30. The zero-order valence-corrected chi connectivity index (χ0v) is 12.3. The summed E-state index contributed by atoms with van der Waals surface area (Å²) < 4.78 is 18.5. The summed E-state index contributed by atoms with van der Waals surface area (Å²) >= 11 is 3.15. The number of carbonyl (C=O) groups is 1. The van der Waals surface area contributed by atoms with Crippen molar-refractivity contribution in [1.29, 1.82) is 0 Å². The number of halogens is 2. The fraction of sp³-hybridized carbons (Fsp3) is 0.462. The van der Waals surface area contributed by atoms with E-state index in [9.17, 15) is 9.18 Å². The lowest BCUT2D eigenvalue weighted by Crippen LogP contribution is -2.23. The topological polar surface area (TPSA) is 29.5 Å². The second-order valence-electron chi connectivity index (χ2n) is 4.16. The molecule has 0 aliphatic rings. The van der Waals surface area contributed by atoms with Gasteiger partial charge in [0.05, 0.1) is 17.5 Å². The van der Waals surface area contributed by atoms with Gasteiger partial charge in [-0.05, 0) is 54.6 Å². The smallest absolute Gasteiger partial charge is 0.307 e. The van der Waals surface area contributed by atoms with Crippen LogP contribution in [0.2, 0.25) is 0 Å². The van der Waals surface area contributed by atoms with Crippen LogP contribution in [0.4, 0.5) is 4.39 Å². The first-order chi connectivity index (χ1) is 8.45. The summed E-state index contributed by atoms with van der Waals surface area (Å²) in [7, 11) is 3.75. The van der Waals surface area contributed by atoms with Crippen molar-refractivity contribution in [3.8, 4) is 0 Å². The molecule has 0 fully saturated rings. The van der Waals surface area contributed by atoms with Gasteiger partial charge in [0.2, 0.25) is 0 Å². The Morgan fingerprint density at radius 2 is 2.17 bits per heavy atom. The van der Waals surface area contributed by atoms with Crippen molar-refractivity contribution < 1.29 is 13.9 Å². The van der Waals surface area contributed by atoms with Crippen LogP contribution in [-0.2, 0) is 9.53 Å². The van der Waals surface area contributed by atoms with Crippen LogP contribution in [0.1, 0.15) is 24.9 Å². The van der Waals surface area contributed by atoms with E-state index >= 15 is 0 Å². The van der Waals surface area contributed by atoms with E-state index in [2.05, 4.69) is 15.9 Å². The van der Waals surface area contributed by atoms with Crippen molar-refractivity contribution in [1.82, 2.24) is 4.90 Å². The summed E-state index contributed by atoms with van der Waals surface area (Å²) in [6.45, 7) is 2.14. The standard InChI is InChI=1S/C13H17BrFNO2/c1-4-18-13(17)8-12(16(2)3)9-5-6-11(15)10(14)7-9/h5-7,12H,4,8H2,1-3H3. The third-order valence-corrected chi connectivity index (χ3v) is 3.22. The molecule has 0 bridgehead atoms. The second-order valence-corrected chi connectivity index (χ2v) is 5.02. The number of esters is 1. The second kappa shape index (κ2) is 6.85. The molecule has 0 saturated heterocycles. The molecule has 0 aliphatic heterocycles. The molecule has 0 heterocycles. The summed E-state index contributed by atoms with van der Waals surface area (Å²) in [5, 5.41) is 0. The number of carbonyl (C=O) groups excluding carboxylic acids is 1. The van der Waals surface area contributed by atoms with Gasteiger partial charge >= 0.3 is 5.97 Å². The first kappa shape index (κ1) is 15.1. The zero-order valence-electron chi connectivity index (χ0n) is 10.7. The first-order valence-electron chi connectivity index (χ1n) is 5.72. The predicted octanol–water partition coefficient (Wildman–Crippen LogP) is 3.14. The van der Waals surface area contributed by atoms with Crippen LogP contribution in [0.5, 0.6) is 0 Å². The van der Waals surface area contributed by atoms with E-state index in [1.807, 2.05) is 19.0 Å². The Hall–Kier alpha value is -0.940. The van der Waals surface area contributed by atoms with Crippen molar-refractivity contribution in [3.05, 3.63) is 34.1 Å². The van der Waals surface area contributed by atoms with E-state index in [4.69, 9.17) is 4.74 Å². The van der Waals surface area contributed by atoms with E-state index in [1.165, 1.54) is 6.07 Å². The maximum atomic E-state index is 13.2. The van der Waals surface area contributed by atoms with Crippen LogP contribution in [-0.4, -0.2) is 31.6 Å². The molecule has 0 aliphatic carbocycles. The van der Waals surface area contributed by atoms with Gasteiger partial charge < -0.3 is 9.64 Å². The van der Waals surface area contributed by atoms with Crippen LogP contribution in [0.25, 0.3) is 0 Å². The first-order valence-corrected chi connectivity index (χ1v) is 6.52. The summed E-state index contributed by atoms with van der Waals surface area (Å²) in [5.41, 5.74) is 0.876. The molecule has 1 unspecified atom stereocenters. The molecule has 0 N–H and O–H groups in total. The molecular formula is C13H17BrFNO2. The normalized spacial score (nSPS) is 12.6. The molecule has 100 valence electrons. The fourth-order valence-corrected chi connectivity index (χ4v) is 2.09. The average molecular weight is 318 g/mol. The van der Waals surface area contributed by atoms with Gasteiger partial charge in [0, 0.05) is 6.04 Å². The number of nitrogens with zero attached hydrogens (tertiary/aromatic N) is 1. The Kier molecular flexibility index (Phi) is 5.75. The van der Waals surface area contributed by atoms with E-state index < -0.39 is 0 Å². The lowest BCUT2D eigenvalue weighted by Gasteiger charge is -2.24. The fourth-order valence-electron chi connectivity index (χ4n) is 1.70. The monoisotopic (exact) mass is 317 g/mol. The Morgan fingerprint density at radius 1 is 1.50 bits per heavy atom. The van der Waals surface area contributed by atoms with Gasteiger partial charge in [0.15, 0.2) is 0 Å². The Labute approximate surface area is 115 Å². The Balaban J connectivity index is 2.90. The third kappa shape index (κ3) is 4.07. The molecule has 5 heteroatoms. The van der Waals surface area contributed by atoms with Gasteiger partial charge in [-0.3, -0.25) is 4.79 Å². The molecule has 0 spiro atoms. The lowest BCUT2D eigenvalue weighted by atomic mass is 10.0. The van der Waals surface area contributed by atoms with Gasteiger partial charge in [-0.25, -0.2) is 4.39 Å². The molecule has 3 nitrogen and oxygen atoms in total. The summed E-state index contributed by atoms with van der Waals surface area (Å²) in [5.74, 6) is -0.566. The van der Waals surface area contributed by atoms with Crippen LogP contribution in [0, 0.1) is 5.82 Å². The van der Waals surface area contributed by atoms with Gasteiger partial charge in [-0.2, -0.15) is 0 Å². The maximum absolute atomic E-state index is 13.2. The van der Waals surface area contributed by atoms with Crippen LogP contribution >= 0.6 is 15.9 Å². The number of hydrogen-bond acceptors (Lipinski definition) is 3. The Bertz CT molecular complexity index is 423. The number of benzene rings is 1. The molecule has 0 saturated carbocycles. The highest BCUT2D eigenvalue weighted by Gasteiger charge is 2.19. The highest BCUT2D eigenvalue weighted by atomic mass is 79.9. The quantitative estimate of drug-likeness (QED) is 0.781. The van der Waals surface area contributed by atoms with Crippen molar-refractivity contribution in [2.45, 2.75) is 19.4 Å². The lowest BCUT2D eigenvalue weighted by molar-refractivity contribution is -0.144. The van der Waals surface area contributed by atoms with Gasteiger partial charge in [-0.15, -0.1) is 0 Å². The molecular weight excluding hydrogens is 301 g/mol. The van der Waals surface area contributed by atoms with E-state index in [0.717, 1.165) is 5.56 Å². The minimum absolute atomic E-state index is 0.124. The number of hydrogen-bond donors (Lipinski definition) is 0. The summed E-state index contributed by atoms with van der Waals surface area (Å²) in [6.07, 6.45) is 0.249. The van der Waals surface area contributed by atoms with Gasteiger partial charge in [0.1, 0.15) is 5.82 Å². The van der Waals surface area contributed by atoms with Crippen molar-refractivity contribution in [3.63, 3.8) is 0 Å². The SMILES string of the molecule is CCOC(=O)CC(c1ccc(F)c(Br)c1)N(C)C. The molecule has 1 atom stereocenters. The minimum Gasteiger partial charge on any atom is -0.466 e. The maximum Gasteiger partial charge on any atom is 0.307 e. The minimum atomic E-state index is -0.313. The number of rotatable bonds is 5. The third-order valence-electron chi connectivity index (χ3n) is 2.62. The molecule has 0 amide bonds. The number of ether oxygens (including phenoxy) is 1. The van der Waals surface area contributed by atoms with Gasteiger partial charge in [0.25, 0.3) is 0 Å². The van der Waals surface area contributed by atoms with Crippen molar-refractivity contribution >= 4 is 21.9 Å². The van der Waals surface area contributed by atoms with E-state index in [1.54, 1.807) is 19.1 Å². The van der Waals surface area contributed by atoms with Crippen LogP contribution < -0.4 is 0 Å². The molecule has 1 rings (SSSR count). The molecule has 0 radical (unpaired) electrons.